The number of fused-ring (bicyclic) bond motifs is 5. The molecule has 0 aliphatic carbocycles. The molecule has 4 aromatic carbocycles. The number of hydrogen-bond donors (Lipinski definition) is 0. The minimum Gasteiger partial charge on any atom is -0.500 e. The minimum atomic E-state index is 0. The van der Waals surface area contributed by atoms with Crippen molar-refractivity contribution in [3.05, 3.63) is 150 Å². The molecule has 4 nitrogen and oxygen atoms in total. The molecule has 0 N–H and O–H groups in total. The molecule has 0 saturated heterocycles. The first-order valence-corrected chi connectivity index (χ1v) is 17.1. The van der Waals surface area contributed by atoms with Crippen LogP contribution in [-0.2, 0) is 26.5 Å². The molecule has 0 saturated carbocycles. The van der Waals surface area contributed by atoms with E-state index in [0.717, 1.165) is 67.2 Å². The molecule has 8 aromatic rings. The third-order valence-electron chi connectivity index (χ3n) is 9.19. The molecule has 0 bridgehead atoms. The molecule has 0 unspecified atom stereocenters. The van der Waals surface area contributed by atoms with E-state index in [1.807, 2.05) is 49.8 Å². The average molecular weight is 844 g/mol. The van der Waals surface area contributed by atoms with E-state index in [1.165, 1.54) is 33.4 Å². The summed E-state index contributed by atoms with van der Waals surface area (Å²) in [6, 6.07) is 36.3. The molecule has 257 valence electrons. The maximum atomic E-state index is 6.28. The Balaban J connectivity index is 0.000000173. The van der Waals surface area contributed by atoms with Crippen molar-refractivity contribution in [1.29, 1.82) is 0 Å². The quantitative estimate of drug-likeness (QED) is 0.166. The van der Waals surface area contributed by atoms with Gasteiger partial charge in [0.2, 0.25) is 0 Å². The zero-order valence-corrected chi connectivity index (χ0v) is 32.6. The van der Waals surface area contributed by atoms with E-state index >= 15 is 0 Å². The third-order valence-corrected chi connectivity index (χ3v) is 9.19. The van der Waals surface area contributed by atoms with Crippen LogP contribution in [-0.4, -0.2) is 15.0 Å². The molecule has 8 rings (SSSR count). The van der Waals surface area contributed by atoms with Gasteiger partial charge in [0.15, 0.2) is 0 Å². The van der Waals surface area contributed by atoms with E-state index in [9.17, 15) is 0 Å². The van der Waals surface area contributed by atoms with Crippen LogP contribution < -0.4 is 0 Å². The number of rotatable bonds is 4. The van der Waals surface area contributed by atoms with E-state index < -0.39 is 0 Å². The second-order valence-corrected chi connectivity index (χ2v) is 14.5. The van der Waals surface area contributed by atoms with Gasteiger partial charge in [-0.05, 0) is 72.3 Å². The van der Waals surface area contributed by atoms with Crippen LogP contribution in [0.2, 0.25) is 0 Å². The van der Waals surface area contributed by atoms with Crippen LogP contribution in [0.5, 0.6) is 0 Å². The maximum absolute atomic E-state index is 6.28. The summed E-state index contributed by atoms with van der Waals surface area (Å²) in [5.74, 6) is 0. The fraction of sp³-hybridized carbons (Fsp3) is 0.196. The Morgan fingerprint density at radius 3 is 2.16 bits per heavy atom. The monoisotopic (exact) mass is 844 g/mol. The van der Waals surface area contributed by atoms with Crippen molar-refractivity contribution < 1.29 is 24.5 Å². The van der Waals surface area contributed by atoms with Crippen molar-refractivity contribution in [3.63, 3.8) is 0 Å². The number of pyridine rings is 3. The molecule has 5 heteroatoms. The molecule has 51 heavy (non-hydrogen) atoms. The molecule has 0 fully saturated rings. The normalized spacial score (nSPS) is 11.4. The van der Waals surface area contributed by atoms with Gasteiger partial charge in [-0.2, -0.15) is 0 Å². The van der Waals surface area contributed by atoms with E-state index in [2.05, 4.69) is 129 Å². The fourth-order valence-electron chi connectivity index (χ4n) is 6.38. The van der Waals surface area contributed by atoms with Gasteiger partial charge in [0.25, 0.3) is 0 Å². The summed E-state index contributed by atoms with van der Waals surface area (Å²) in [7, 11) is 0. The van der Waals surface area contributed by atoms with Gasteiger partial charge in [0.1, 0.15) is 5.58 Å². The Bertz CT molecular complexity index is 2470. The molecule has 0 aliphatic rings. The minimum absolute atomic E-state index is 0. The Morgan fingerprint density at radius 2 is 1.43 bits per heavy atom. The average Bonchev–Trinajstić information content (AvgIpc) is 3.50. The number of furan rings is 1. The van der Waals surface area contributed by atoms with Gasteiger partial charge in [0, 0.05) is 61.1 Å². The number of nitrogens with zero attached hydrogens (tertiary/aromatic N) is 3. The van der Waals surface area contributed by atoms with Crippen LogP contribution in [0.4, 0.5) is 0 Å². The van der Waals surface area contributed by atoms with Crippen LogP contribution in [0.25, 0.3) is 66.4 Å². The molecule has 4 aromatic heterocycles. The van der Waals surface area contributed by atoms with Gasteiger partial charge >= 0.3 is 0 Å². The van der Waals surface area contributed by atoms with Crippen LogP contribution >= 0.6 is 0 Å². The Labute approximate surface area is 314 Å². The number of benzene rings is 4. The summed E-state index contributed by atoms with van der Waals surface area (Å²) in [4.78, 5) is 13.3. The maximum Gasteiger partial charge on any atom is 0.128 e. The number of aryl methyl sites for hydroxylation is 4. The summed E-state index contributed by atoms with van der Waals surface area (Å²) >= 11 is 0. The smallest absolute Gasteiger partial charge is 0.128 e. The summed E-state index contributed by atoms with van der Waals surface area (Å²) in [6.07, 6.45) is 8.55. The van der Waals surface area contributed by atoms with Gasteiger partial charge in [-0.3, -0.25) is 4.98 Å². The third kappa shape index (κ3) is 7.71. The fourth-order valence-corrected chi connectivity index (χ4v) is 6.38. The van der Waals surface area contributed by atoms with E-state index in [1.54, 1.807) is 6.20 Å². The topological polar surface area (TPSA) is 51.8 Å². The second-order valence-electron chi connectivity index (χ2n) is 14.5. The molecular weight excluding hydrogens is 803 g/mol. The molecular formula is C46H41IrN3O-2. The standard InChI is InChI=1S/C25H28N.C21H13N2O.Ir/c1-17-7-10-22(24-13-18(2)19(3)16-26-24)14-23(17)21-11-8-20(9-12-21)15-25(4,5)6;1-13-5-8-19(23-11-13)18-4-2-3-16-17-7-6-14-12-22-10-9-15(14)20(17)24-21(16)18;/h7-9,11-14,16H,15H2,1-6H3;2-3,5-12H,1H3;/q2*-1;. The van der Waals surface area contributed by atoms with Crippen molar-refractivity contribution in [3.8, 4) is 33.6 Å². The van der Waals surface area contributed by atoms with Crippen molar-refractivity contribution in [1.82, 2.24) is 15.0 Å². The zero-order chi connectivity index (χ0) is 35.0. The summed E-state index contributed by atoms with van der Waals surface area (Å²) in [5, 5.41) is 4.33. The zero-order valence-electron chi connectivity index (χ0n) is 30.2. The van der Waals surface area contributed by atoms with Crippen molar-refractivity contribution in [2.24, 2.45) is 5.41 Å². The van der Waals surface area contributed by atoms with E-state index in [4.69, 9.17) is 4.42 Å². The van der Waals surface area contributed by atoms with Crippen molar-refractivity contribution in [2.75, 3.05) is 0 Å². The van der Waals surface area contributed by atoms with Crippen LogP contribution in [0.15, 0.2) is 114 Å². The number of hydrogen-bond acceptors (Lipinski definition) is 4. The predicted octanol–water partition coefficient (Wildman–Crippen LogP) is 12.0. The van der Waals surface area contributed by atoms with E-state index in [-0.39, 0.29) is 20.1 Å². The van der Waals surface area contributed by atoms with Gasteiger partial charge in [-0.25, -0.2) is 0 Å². The summed E-state index contributed by atoms with van der Waals surface area (Å²) in [5.41, 5.74) is 14.6. The predicted molar refractivity (Wildman–Crippen MR) is 207 cm³/mol. The Hall–Kier alpha value is -4.96. The van der Waals surface area contributed by atoms with Gasteiger partial charge in [-0.15, -0.1) is 47.5 Å². The SMILES string of the molecule is Cc1ccc(-c2[c-]ccc3c2oc2c4ccncc4ccc32)nc1.Cc1cnc(-c2[c-]cc(C)c(-c3ccc(CC(C)(C)C)cc3)c2)cc1C.[Ir]. The van der Waals surface area contributed by atoms with Gasteiger partial charge in [0.05, 0.1) is 5.58 Å². The first-order valence-electron chi connectivity index (χ1n) is 17.1. The van der Waals surface area contributed by atoms with Gasteiger partial charge < -0.3 is 14.4 Å². The summed E-state index contributed by atoms with van der Waals surface area (Å²) < 4.78 is 6.28. The first-order chi connectivity index (χ1) is 24.0. The molecule has 0 atom stereocenters. The van der Waals surface area contributed by atoms with Crippen LogP contribution in [0.3, 0.4) is 0 Å². The first kappa shape index (κ1) is 35.9. The van der Waals surface area contributed by atoms with Crippen molar-refractivity contribution >= 4 is 32.7 Å². The van der Waals surface area contributed by atoms with Gasteiger partial charge in [-0.1, -0.05) is 104 Å². The Kier molecular flexibility index (Phi) is 10.3. The van der Waals surface area contributed by atoms with Crippen LogP contribution in [0.1, 0.15) is 48.6 Å². The number of aromatic nitrogens is 3. The second kappa shape index (κ2) is 14.7. The molecule has 0 aliphatic heterocycles. The van der Waals surface area contributed by atoms with Crippen molar-refractivity contribution in [2.45, 2.75) is 54.9 Å². The molecule has 0 spiro atoms. The Morgan fingerprint density at radius 1 is 0.667 bits per heavy atom. The largest absolute Gasteiger partial charge is 0.500 e. The molecule has 1 radical (unpaired) electrons. The van der Waals surface area contributed by atoms with E-state index in [0.29, 0.717) is 5.41 Å². The summed E-state index contributed by atoms with van der Waals surface area (Å²) in [6.45, 7) is 15.2. The van der Waals surface area contributed by atoms with Crippen LogP contribution in [0, 0.1) is 45.2 Å². The molecule has 0 amide bonds. The molecule has 4 heterocycles.